The van der Waals surface area contributed by atoms with Crippen molar-refractivity contribution in [2.45, 2.75) is 19.8 Å². The van der Waals surface area contributed by atoms with E-state index in [1.807, 2.05) is 6.92 Å². The quantitative estimate of drug-likeness (QED) is 0.612. The number of nitrogens with zero attached hydrogens (tertiary/aromatic N) is 1. The Morgan fingerprint density at radius 2 is 2.20 bits per heavy atom. The standard InChI is InChI=1S/C10H13NO4/c1-3-4-7-5-6-8(12)10(15-2)9(7)11(13)14/h5-6,12H,3-4H2,1-2H3. The van der Waals surface area contributed by atoms with Crippen LogP contribution in [0.2, 0.25) is 0 Å². The van der Waals surface area contributed by atoms with E-state index in [9.17, 15) is 15.2 Å². The second-order valence-electron chi connectivity index (χ2n) is 3.13. The van der Waals surface area contributed by atoms with Gasteiger partial charge in [-0.15, -0.1) is 0 Å². The fraction of sp³-hybridized carbons (Fsp3) is 0.400. The highest BCUT2D eigenvalue weighted by Crippen LogP contribution is 2.38. The summed E-state index contributed by atoms with van der Waals surface area (Å²) in [5.41, 5.74) is 0.441. The molecule has 0 bridgehead atoms. The highest BCUT2D eigenvalue weighted by Gasteiger charge is 2.23. The number of phenols is 1. The highest BCUT2D eigenvalue weighted by molar-refractivity contribution is 5.60. The number of rotatable bonds is 4. The summed E-state index contributed by atoms with van der Waals surface area (Å²) >= 11 is 0. The van der Waals surface area contributed by atoms with Crippen molar-refractivity contribution in [3.63, 3.8) is 0 Å². The highest BCUT2D eigenvalue weighted by atomic mass is 16.6. The molecular weight excluding hydrogens is 198 g/mol. The number of aryl methyl sites for hydroxylation is 1. The third kappa shape index (κ3) is 2.18. The van der Waals surface area contributed by atoms with Gasteiger partial charge in [0.2, 0.25) is 5.75 Å². The Bertz CT molecular complexity index is 376. The molecule has 0 heterocycles. The molecule has 0 radical (unpaired) electrons. The summed E-state index contributed by atoms with van der Waals surface area (Å²) in [5.74, 6) is -0.269. The Balaban J connectivity index is 3.35. The molecule has 5 heteroatoms. The smallest absolute Gasteiger partial charge is 0.318 e. The van der Waals surface area contributed by atoms with Crippen LogP contribution in [-0.4, -0.2) is 17.1 Å². The first kappa shape index (κ1) is 11.3. The molecule has 5 nitrogen and oxygen atoms in total. The van der Waals surface area contributed by atoms with Crippen molar-refractivity contribution >= 4 is 5.69 Å². The van der Waals surface area contributed by atoms with Gasteiger partial charge in [-0.1, -0.05) is 13.3 Å². The topological polar surface area (TPSA) is 72.6 Å². The van der Waals surface area contributed by atoms with E-state index < -0.39 is 4.92 Å². The molecule has 0 aromatic heterocycles. The molecule has 1 rings (SSSR count). The van der Waals surface area contributed by atoms with Gasteiger partial charge in [0.05, 0.1) is 12.0 Å². The molecule has 0 amide bonds. The number of benzene rings is 1. The van der Waals surface area contributed by atoms with Gasteiger partial charge in [0, 0.05) is 5.56 Å². The predicted molar refractivity (Wildman–Crippen MR) is 55.3 cm³/mol. The number of methoxy groups -OCH3 is 1. The number of hydrogen-bond donors (Lipinski definition) is 1. The lowest BCUT2D eigenvalue weighted by atomic mass is 10.1. The summed E-state index contributed by atoms with van der Waals surface area (Å²) in [6.07, 6.45) is 1.39. The zero-order valence-electron chi connectivity index (χ0n) is 8.69. The van der Waals surface area contributed by atoms with Crippen LogP contribution in [0.25, 0.3) is 0 Å². The van der Waals surface area contributed by atoms with Crippen molar-refractivity contribution < 1.29 is 14.8 Å². The van der Waals surface area contributed by atoms with Crippen molar-refractivity contribution in [2.24, 2.45) is 0 Å². The molecule has 0 aliphatic carbocycles. The molecule has 15 heavy (non-hydrogen) atoms. The molecule has 0 saturated carbocycles. The number of aromatic hydroxyl groups is 1. The van der Waals surface area contributed by atoms with E-state index in [0.717, 1.165) is 6.42 Å². The summed E-state index contributed by atoms with van der Waals surface area (Å²) in [6, 6.07) is 2.97. The van der Waals surface area contributed by atoms with Gasteiger partial charge in [0.25, 0.3) is 0 Å². The van der Waals surface area contributed by atoms with E-state index in [4.69, 9.17) is 4.74 Å². The molecule has 0 aliphatic rings. The van der Waals surface area contributed by atoms with Crippen molar-refractivity contribution in [2.75, 3.05) is 7.11 Å². The molecule has 0 saturated heterocycles. The molecule has 1 N–H and O–H groups in total. The Morgan fingerprint density at radius 1 is 1.53 bits per heavy atom. The first-order valence-corrected chi connectivity index (χ1v) is 4.65. The van der Waals surface area contributed by atoms with Crippen LogP contribution in [0.5, 0.6) is 11.5 Å². The fourth-order valence-electron chi connectivity index (χ4n) is 1.47. The van der Waals surface area contributed by atoms with Crippen LogP contribution < -0.4 is 4.74 Å². The first-order chi connectivity index (χ1) is 7.11. The SMILES string of the molecule is CCCc1ccc(O)c(OC)c1[N+](=O)[O-]. The first-order valence-electron chi connectivity index (χ1n) is 4.65. The molecule has 0 spiro atoms. The Morgan fingerprint density at radius 3 is 2.67 bits per heavy atom. The van der Waals surface area contributed by atoms with E-state index in [1.165, 1.54) is 13.2 Å². The molecule has 82 valence electrons. The van der Waals surface area contributed by atoms with Gasteiger partial charge in [-0.2, -0.15) is 0 Å². The zero-order chi connectivity index (χ0) is 11.4. The van der Waals surface area contributed by atoms with Gasteiger partial charge in [0.1, 0.15) is 0 Å². The minimum Gasteiger partial charge on any atom is -0.504 e. The summed E-state index contributed by atoms with van der Waals surface area (Å²) < 4.78 is 4.83. The van der Waals surface area contributed by atoms with Crippen LogP contribution in [0.4, 0.5) is 5.69 Å². The van der Waals surface area contributed by atoms with E-state index >= 15 is 0 Å². The lowest BCUT2D eigenvalue weighted by Gasteiger charge is -2.07. The third-order valence-corrected chi connectivity index (χ3v) is 2.10. The van der Waals surface area contributed by atoms with Gasteiger partial charge in [0.15, 0.2) is 5.75 Å². The maximum absolute atomic E-state index is 10.8. The molecule has 0 fully saturated rings. The van der Waals surface area contributed by atoms with Gasteiger partial charge in [-0.25, -0.2) is 0 Å². The number of ether oxygens (including phenoxy) is 1. The van der Waals surface area contributed by atoms with Crippen LogP contribution >= 0.6 is 0 Å². The lowest BCUT2D eigenvalue weighted by molar-refractivity contribution is -0.386. The van der Waals surface area contributed by atoms with Crippen molar-refractivity contribution in [3.05, 3.63) is 27.8 Å². The van der Waals surface area contributed by atoms with Gasteiger partial charge in [-0.3, -0.25) is 10.1 Å². The monoisotopic (exact) mass is 211 g/mol. The Labute approximate surface area is 87.5 Å². The van der Waals surface area contributed by atoms with Crippen LogP contribution in [0.15, 0.2) is 12.1 Å². The molecule has 0 unspecified atom stereocenters. The summed E-state index contributed by atoms with van der Waals surface area (Å²) in [7, 11) is 1.30. The van der Waals surface area contributed by atoms with E-state index in [0.29, 0.717) is 12.0 Å². The molecular formula is C10H13NO4. The maximum atomic E-state index is 10.8. The molecule has 1 aromatic rings. The summed E-state index contributed by atoms with van der Waals surface area (Å²) in [6.45, 7) is 1.93. The van der Waals surface area contributed by atoms with Gasteiger partial charge >= 0.3 is 5.69 Å². The molecule has 0 atom stereocenters. The van der Waals surface area contributed by atoms with Gasteiger partial charge in [-0.05, 0) is 18.6 Å². The average Bonchev–Trinajstić information content (AvgIpc) is 2.20. The van der Waals surface area contributed by atoms with Crippen molar-refractivity contribution in [1.29, 1.82) is 0 Å². The number of nitro groups is 1. The van der Waals surface area contributed by atoms with Crippen LogP contribution in [0.3, 0.4) is 0 Å². The fourth-order valence-corrected chi connectivity index (χ4v) is 1.47. The number of phenolic OH excluding ortho intramolecular Hbond substituents is 1. The summed E-state index contributed by atoms with van der Waals surface area (Å²) in [5, 5.41) is 20.2. The van der Waals surface area contributed by atoms with Crippen LogP contribution in [0.1, 0.15) is 18.9 Å². The third-order valence-electron chi connectivity index (χ3n) is 2.10. The lowest BCUT2D eigenvalue weighted by Crippen LogP contribution is -1.99. The number of hydrogen-bond acceptors (Lipinski definition) is 4. The van der Waals surface area contributed by atoms with Crippen molar-refractivity contribution in [3.8, 4) is 11.5 Å². The second-order valence-corrected chi connectivity index (χ2v) is 3.13. The Kier molecular flexibility index (Phi) is 3.49. The van der Waals surface area contributed by atoms with Crippen LogP contribution in [0, 0.1) is 10.1 Å². The predicted octanol–water partition coefficient (Wildman–Crippen LogP) is 2.26. The number of nitro benzene ring substituents is 1. The largest absolute Gasteiger partial charge is 0.504 e. The normalized spacial score (nSPS) is 10.0. The maximum Gasteiger partial charge on any atom is 0.318 e. The minimum atomic E-state index is -0.524. The summed E-state index contributed by atoms with van der Waals surface area (Å²) in [4.78, 5) is 10.3. The Hall–Kier alpha value is -1.78. The van der Waals surface area contributed by atoms with Crippen molar-refractivity contribution in [1.82, 2.24) is 0 Å². The molecule has 0 aliphatic heterocycles. The zero-order valence-corrected chi connectivity index (χ0v) is 8.69. The second kappa shape index (κ2) is 4.63. The van der Waals surface area contributed by atoms with E-state index in [1.54, 1.807) is 6.07 Å². The van der Waals surface area contributed by atoms with Crippen LogP contribution in [-0.2, 0) is 6.42 Å². The van der Waals surface area contributed by atoms with Gasteiger partial charge < -0.3 is 9.84 Å². The van der Waals surface area contributed by atoms with E-state index in [2.05, 4.69) is 0 Å². The minimum absolute atomic E-state index is 0.0639. The molecule has 1 aromatic carbocycles. The average molecular weight is 211 g/mol. The van der Waals surface area contributed by atoms with E-state index in [-0.39, 0.29) is 17.2 Å².